The van der Waals surface area contributed by atoms with Gasteiger partial charge in [-0.2, -0.15) is 0 Å². The van der Waals surface area contributed by atoms with Gasteiger partial charge in [0.1, 0.15) is 11.5 Å². The predicted octanol–water partition coefficient (Wildman–Crippen LogP) is 9.89. The molecule has 1 nitrogen and oxygen atoms in total. The molecule has 0 atom stereocenters. The number of rotatable bonds is 6. The van der Waals surface area contributed by atoms with E-state index in [9.17, 15) is 52.7 Å². The Morgan fingerprint density at radius 3 is 1.04 bits per heavy atom. The lowest BCUT2D eigenvalue weighted by Crippen LogP contribution is -2.58. The summed E-state index contributed by atoms with van der Waals surface area (Å²) < 4.78 is 304. The Kier molecular flexibility index (Phi) is 10.8. The molecule has 0 N–H and O–H groups in total. The fourth-order valence-corrected chi connectivity index (χ4v) is 8.63. The van der Waals surface area contributed by atoms with Crippen LogP contribution >= 0.6 is 0 Å². The summed E-state index contributed by atoms with van der Waals surface area (Å²) >= 11 is 0. The maximum atomic E-state index is 15.5. The second-order valence-corrected chi connectivity index (χ2v) is 15.1. The molecule has 1 aliphatic heterocycles. The predicted molar refractivity (Wildman–Crippen MR) is 206 cm³/mol. The molecule has 8 aromatic carbocycles. The largest absolute Gasteiger partial charge is 0.456 e. The van der Waals surface area contributed by atoms with Crippen LogP contribution in [0.5, 0.6) is 11.5 Å². The summed E-state index contributed by atoms with van der Waals surface area (Å²) in [4.78, 5) is 0. The highest BCUT2D eigenvalue weighted by molar-refractivity contribution is 6.96. The third-order valence-corrected chi connectivity index (χ3v) is 11.7. The maximum absolute atomic E-state index is 15.5. The van der Waals surface area contributed by atoms with E-state index in [1.807, 2.05) is 0 Å². The van der Waals surface area contributed by atoms with Gasteiger partial charge < -0.3 is 4.74 Å². The molecule has 0 saturated heterocycles. The van der Waals surface area contributed by atoms with Gasteiger partial charge in [-0.1, -0.05) is 53.4 Å². The molecule has 8 aromatic rings. The molecule has 23 heteroatoms. The monoisotopic (exact) mass is 970 g/mol. The van der Waals surface area contributed by atoms with Crippen molar-refractivity contribution in [3.8, 4) is 22.6 Å². The van der Waals surface area contributed by atoms with Gasteiger partial charge >= 0.3 is 0 Å². The van der Waals surface area contributed by atoms with Crippen LogP contribution in [0.15, 0.2) is 54.6 Å². The Balaban J connectivity index is 1.30. The lowest BCUT2D eigenvalue weighted by molar-refractivity contribution is 0.382. The van der Waals surface area contributed by atoms with Crippen molar-refractivity contribution in [1.82, 2.24) is 0 Å². The van der Waals surface area contributed by atoms with E-state index in [-0.39, 0.29) is 44.0 Å². The molecule has 1 aliphatic rings. The molecule has 0 radical (unpaired) electrons. The van der Waals surface area contributed by atoms with Crippen LogP contribution in [0.3, 0.4) is 0 Å². The van der Waals surface area contributed by atoms with Crippen LogP contribution in [-0.4, -0.2) is 13.4 Å². The van der Waals surface area contributed by atoms with E-state index in [0.717, 1.165) is 36.4 Å². The number of halogens is 20. The summed E-state index contributed by atoms with van der Waals surface area (Å²) in [6, 6.07) is 9.01. The number of hydrogen-bond donors (Lipinski definition) is 0. The molecule has 0 spiro atoms. The Labute approximate surface area is 366 Å². The van der Waals surface area contributed by atoms with Crippen LogP contribution in [0, 0.1) is 123 Å². The van der Waals surface area contributed by atoms with Crippen molar-refractivity contribution in [2.75, 3.05) is 0 Å². The van der Waals surface area contributed by atoms with Crippen molar-refractivity contribution < 1.29 is 92.5 Å². The molecular formula is C45H12B2F20O. The van der Waals surface area contributed by atoms with Crippen molar-refractivity contribution >= 4 is 67.7 Å². The first kappa shape index (κ1) is 45.9. The minimum atomic E-state index is -2.99. The minimum Gasteiger partial charge on any atom is -0.456 e. The molecule has 0 saturated carbocycles. The third kappa shape index (κ3) is 6.29. The average molecular weight is 970 g/mol. The lowest BCUT2D eigenvalue weighted by atomic mass is 9.36. The van der Waals surface area contributed by atoms with Crippen molar-refractivity contribution in [2.24, 2.45) is 0 Å². The van der Waals surface area contributed by atoms with Gasteiger partial charge in [0.25, 0.3) is 13.4 Å². The Bertz CT molecular complexity index is 3340. The third-order valence-electron chi connectivity index (χ3n) is 11.7. The highest BCUT2D eigenvalue weighted by Crippen LogP contribution is 2.50. The van der Waals surface area contributed by atoms with E-state index in [1.165, 1.54) is 25.1 Å². The maximum Gasteiger partial charge on any atom is 0.257 e. The van der Waals surface area contributed by atoms with E-state index < -0.39 is 168 Å². The van der Waals surface area contributed by atoms with Crippen LogP contribution in [0.4, 0.5) is 87.8 Å². The highest BCUT2D eigenvalue weighted by atomic mass is 19.2. The Morgan fingerprint density at radius 1 is 0.324 bits per heavy atom. The fourth-order valence-electron chi connectivity index (χ4n) is 8.63. The molecule has 68 heavy (non-hydrogen) atoms. The zero-order valence-electron chi connectivity index (χ0n) is 32.8. The number of aryl methyl sites for hydroxylation is 1. The second kappa shape index (κ2) is 16.0. The molecule has 0 aliphatic carbocycles. The summed E-state index contributed by atoms with van der Waals surface area (Å²) in [5.41, 5.74) is -9.60. The van der Waals surface area contributed by atoms with Crippen molar-refractivity contribution in [2.45, 2.75) is 6.92 Å². The molecule has 0 unspecified atom stereocenters. The zero-order chi connectivity index (χ0) is 49.4. The topological polar surface area (TPSA) is 9.23 Å². The first-order chi connectivity index (χ1) is 32.0. The Hall–Kier alpha value is -7.19. The zero-order valence-corrected chi connectivity index (χ0v) is 32.8. The van der Waals surface area contributed by atoms with Gasteiger partial charge in [0.05, 0.1) is 0 Å². The Morgan fingerprint density at radius 2 is 0.662 bits per heavy atom. The SMILES string of the molecule is Cc1c2c3c(cccc3c3cc(B(c4c(F)c(F)c(F)c(F)c4F)c4c(F)c(F)c(F)c(F)c4F)ccc13)Oc1cc(B(c3c(F)c(F)c(F)c(F)c3F)c3c(F)c(F)c(F)c(F)c3F)ccc1-2. The van der Waals surface area contributed by atoms with Crippen molar-refractivity contribution in [1.29, 1.82) is 0 Å². The minimum absolute atomic E-state index is 0.0175. The van der Waals surface area contributed by atoms with Gasteiger partial charge in [-0.05, 0) is 40.8 Å². The smallest absolute Gasteiger partial charge is 0.257 e. The van der Waals surface area contributed by atoms with Gasteiger partial charge in [0.15, 0.2) is 116 Å². The van der Waals surface area contributed by atoms with Crippen LogP contribution in [-0.2, 0) is 0 Å². The summed E-state index contributed by atoms with van der Waals surface area (Å²) in [6.45, 7) is -4.57. The number of benzene rings is 8. The average Bonchev–Trinajstić information content (AvgIpc) is 3.33. The van der Waals surface area contributed by atoms with Crippen LogP contribution < -0.4 is 37.5 Å². The molecule has 1 heterocycles. The first-order valence-corrected chi connectivity index (χ1v) is 18.9. The van der Waals surface area contributed by atoms with Crippen molar-refractivity contribution in [3.05, 3.63) is 177 Å². The molecule has 0 amide bonds. The van der Waals surface area contributed by atoms with Crippen LogP contribution in [0.25, 0.3) is 32.7 Å². The summed E-state index contributed by atoms with van der Waals surface area (Å²) in [7, 11) is 0. The van der Waals surface area contributed by atoms with Crippen LogP contribution in [0.2, 0.25) is 0 Å². The van der Waals surface area contributed by atoms with Gasteiger partial charge in [-0.3, -0.25) is 0 Å². The molecule has 0 fully saturated rings. The lowest BCUT2D eigenvalue weighted by Gasteiger charge is -2.27. The van der Waals surface area contributed by atoms with Gasteiger partial charge in [-0.25, -0.2) is 87.8 Å². The quantitative estimate of drug-likeness (QED) is 0.0531. The number of hydrogen-bond acceptors (Lipinski definition) is 1. The fraction of sp³-hybridized carbons (Fsp3) is 0.0222. The van der Waals surface area contributed by atoms with Crippen LogP contribution in [0.1, 0.15) is 5.56 Å². The second-order valence-electron chi connectivity index (χ2n) is 15.1. The molecule has 9 rings (SSSR count). The summed E-state index contributed by atoms with van der Waals surface area (Å²) in [5, 5.41) is 0.0400. The van der Waals surface area contributed by atoms with E-state index in [4.69, 9.17) is 4.74 Å². The van der Waals surface area contributed by atoms with Gasteiger partial charge in [0, 0.05) is 38.4 Å². The normalized spacial score (nSPS) is 12.0. The number of fused-ring (bicyclic) bond motifs is 4. The molecular weight excluding hydrogens is 958 g/mol. The summed E-state index contributed by atoms with van der Waals surface area (Å²) in [5.74, 6) is -54.4. The highest BCUT2D eigenvalue weighted by Gasteiger charge is 2.43. The molecule has 0 bridgehead atoms. The summed E-state index contributed by atoms with van der Waals surface area (Å²) in [6.07, 6.45) is 0. The van der Waals surface area contributed by atoms with Gasteiger partial charge in [0.2, 0.25) is 0 Å². The van der Waals surface area contributed by atoms with Gasteiger partial charge in [-0.15, -0.1) is 0 Å². The number of ether oxygens (including phenoxy) is 1. The first-order valence-electron chi connectivity index (χ1n) is 18.9. The van der Waals surface area contributed by atoms with E-state index >= 15 is 35.1 Å². The molecule has 0 aromatic heterocycles. The molecule has 344 valence electrons. The van der Waals surface area contributed by atoms with E-state index in [0.29, 0.717) is 0 Å². The standard InChI is InChI=1S/C45H12B2F20O/c1-11-14-7-5-12(46(22-26(48)34(56)42(64)35(57)27(22)49)23-28(50)36(58)43(65)37(59)29(23)51)9-17(14)15-3-2-4-18-21(15)20(11)16-8-6-13(10-19(16)68-18)47(24-30(52)38(60)44(66)39(61)31(24)53)25-32(54)40(62)45(67)41(63)33(25)55/h2-10H,1H3. The van der Waals surface area contributed by atoms with Crippen molar-refractivity contribution in [3.63, 3.8) is 0 Å². The van der Waals surface area contributed by atoms with E-state index in [2.05, 4.69) is 0 Å². The van der Waals surface area contributed by atoms with E-state index in [1.54, 1.807) is 0 Å².